The van der Waals surface area contributed by atoms with Gasteiger partial charge in [-0.15, -0.1) is 0 Å². The highest BCUT2D eigenvalue weighted by Crippen LogP contribution is 2.26. The van der Waals surface area contributed by atoms with E-state index in [2.05, 4.69) is 9.97 Å². The zero-order valence-electron chi connectivity index (χ0n) is 15.1. The first-order chi connectivity index (χ1) is 13.6. The predicted octanol–water partition coefficient (Wildman–Crippen LogP) is 3.90. The minimum absolute atomic E-state index is 0.176. The Bertz CT molecular complexity index is 991. The Labute approximate surface area is 167 Å². The molecule has 4 rings (SSSR count). The fourth-order valence-electron chi connectivity index (χ4n) is 3.28. The van der Waals surface area contributed by atoms with Gasteiger partial charge in [0.1, 0.15) is 5.82 Å². The molecule has 1 aliphatic heterocycles. The van der Waals surface area contributed by atoms with Crippen LogP contribution >= 0.6 is 11.6 Å². The summed E-state index contributed by atoms with van der Waals surface area (Å²) in [5, 5.41) is 0.539. The van der Waals surface area contributed by atoms with E-state index in [9.17, 15) is 9.18 Å². The Morgan fingerprint density at radius 2 is 1.71 bits per heavy atom. The molecular weight excluding hydrogens is 379 g/mol. The molecule has 1 aromatic heterocycles. The standard InChI is InChI=1S/C21H18ClFN4O/c22-17-4-1-3-15(13-17)18-6-5-16(14-19(18)23)20(28)26-9-11-27(12-10-26)21-24-7-2-8-25-21/h1-8,13-14H,9-12H2. The maximum Gasteiger partial charge on any atom is 0.254 e. The summed E-state index contributed by atoms with van der Waals surface area (Å²) in [6.07, 6.45) is 3.40. The van der Waals surface area contributed by atoms with Crippen molar-refractivity contribution < 1.29 is 9.18 Å². The number of carbonyl (C=O) groups excluding carboxylic acids is 1. The van der Waals surface area contributed by atoms with Crippen molar-refractivity contribution in [2.75, 3.05) is 31.1 Å². The maximum atomic E-state index is 14.6. The smallest absolute Gasteiger partial charge is 0.254 e. The lowest BCUT2D eigenvalue weighted by Crippen LogP contribution is -2.49. The Morgan fingerprint density at radius 3 is 2.39 bits per heavy atom. The zero-order valence-corrected chi connectivity index (χ0v) is 15.8. The number of rotatable bonds is 3. The van der Waals surface area contributed by atoms with Gasteiger partial charge < -0.3 is 9.80 Å². The molecule has 0 N–H and O–H groups in total. The van der Waals surface area contributed by atoms with Crippen LogP contribution in [-0.2, 0) is 0 Å². The fourth-order valence-corrected chi connectivity index (χ4v) is 3.48. The van der Waals surface area contributed by atoms with Crippen LogP contribution in [0, 0.1) is 5.82 Å². The molecule has 7 heteroatoms. The van der Waals surface area contributed by atoms with Crippen molar-refractivity contribution in [3.05, 3.63) is 77.3 Å². The van der Waals surface area contributed by atoms with Gasteiger partial charge in [-0.05, 0) is 35.9 Å². The van der Waals surface area contributed by atoms with Crippen molar-refractivity contribution in [2.45, 2.75) is 0 Å². The van der Waals surface area contributed by atoms with Gasteiger partial charge in [0, 0.05) is 54.7 Å². The van der Waals surface area contributed by atoms with Crippen molar-refractivity contribution in [1.82, 2.24) is 14.9 Å². The van der Waals surface area contributed by atoms with Crippen LogP contribution in [0.15, 0.2) is 60.9 Å². The number of anilines is 1. The van der Waals surface area contributed by atoms with Crippen LogP contribution in [0.1, 0.15) is 10.4 Å². The predicted molar refractivity (Wildman–Crippen MR) is 107 cm³/mol. The minimum atomic E-state index is -0.440. The SMILES string of the molecule is O=C(c1ccc(-c2cccc(Cl)c2)c(F)c1)N1CCN(c2ncccn2)CC1. The third-order valence-corrected chi connectivity index (χ3v) is 4.99. The van der Waals surface area contributed by atoms with E-state index in [1.165, 1.54) is 6.07 Å². The zero-order chi connectivity index (χ0) is 19.5. The fraction of sp³-hybridized carbons (Fsp3) is 0.190. The highest BCUT2D eigenvalue weighted by Gasteiger charge is 2.24. The average Bonchev–Trinajstić information content (AvgIpc) is 2.74. The number of hydrogen-bond donors (Lipinski definition) is 0. The molecule has 2 heterocycles. The molecule has 142 valence electrons. The number of nitrogens with zero attached hydrogens (tertiary/aromatic N) is 4. The molecule has 1 fully saturated rings. The van der Waals surface area contributed by atoms with E-state index < -0.39 is 5.82 Å². The summed E-state index contributed by atoms with van der Waals surface area (Å²) in [5.41, 5.74) is 1.44. The topological polar surface area (TPSA) is 49.3 Å². The second-order valence-corrected chi connectivity index (χ2v) is 6.97. The van der Waals surface area contributed by atoms with E-state index in [4.69, 9.17) is 11.6 Å². The third-order valence-electron chi connectivity index (χ3n) is 4.75. The van der Waals surface area contributed by atoms with Gasteiger partial charge in [-0.3, -0.25) is 4.79 Å². The molecule has 1 aliphatic rings. The molecular formula is C21H18ClFN4O. The molecule has 28 heavy (non-hydrogen) atoms. The Hall–Kier alpha value is -2.99. The maximum absolute atomic E-state index is 14.6. The summed E-state index contributed by atoms with van der Waals surface area (Å²) in [6, 6.07) is 13.4. The third kappa shape index (κ3) is 3.82. The first-order valence-electron chi connectivity index (χ1n) is 8.98. The average molecular weight is 397 g/mol. The van der Waals surface area contributed by atoms with Gasteiger partial charge in [-0.25, -0.2) is 14.4 Å². The van der Waals surface area contributed by atoms with Gasteiger partial charge in [0.25, 0.3) is 5.91 Å². The normalized spacial score (nSPS) is 14.2. The molecule has 5 nitrogen and oxygen atoms in total. The van der Waals surface area contributed by atoms with Gasteiger partial charge >= 0.3 is 0 Å². The number of aromatic nitrogens is 2. The molecule has 2 aromatic carbocycles. The number of carbonyl (C=O) groups is 1. The van der Waals surface area contributed by atoms with Crippen molar-refractivity contribution in [3.63, 3.8) is 0 Å². The molecule has 0 bridgehead atoms. The highest BCUT2D eigenvalue weighted by atomic mass is 35.5. The van der Waals surface area contributed by atoms with Crippen LogP contribution in [0.2, 0.25) is 5.02 Å². The summed E-state index contributed by atoms with van der Waals surface area (Å²) >= 11 is 5.99. The van der Waals surface area contributed by atoms with Crippen LogP contribution in [0.3, 0.4) is 0 Å². The van der Waals surface area contributed by atoms with Crippen LogP contribution in [-0.4, -0.2) is 47.0 Å². The number of hydrogen-bond acceptors (Lipinski definition) is 4. The lowest BCUT2D eigenvalue weighted by molar-refractivity contribution is 0.0745. The first kappa shape index (κ1) is 18.4. The summed E-state index contributed by atoms with van der Waals surface area (Å²) in [5.74, 6) is 0.0427. The van der Waals surface area contributed by atoms with E-state index >= 15 is 0 Å². The monoisotopic (exact) mass is 396 g/mol. The van der Waals surface area contributed by atoms with E-state index in [1.54, 1.807) is 59.8 Å². The number of halogens is 2. The molecule has 0 unspecified atom stereocenters. The van der Waals surface area contributed by atoms with E-state index in [0.717, 1.165) is 0 Å². The summed E-state index contributed by atoms with van der Waals surface area (Å²) < 4.78 is 14.6. The van der Waals surface area contributed by atoms with Crippen LogP contribution < -0.4 is 4.90 Å². The summed E-state index contributed by atoms with van der Waals surface area (Å²) in [4.78, 5) is 25.0. The molecule has 1 amide bonds. The molecule has 3 aromatic rings. The lowest BCUT2D eigenvalue weighted by atomic mass is 10.0. The second-order valence-electron chi connectivity index (χ2n) is 6.53. The Kier molecular flexibility index (Phi) is 5.21. The largest absolute Gasteiger partial charge is 0.337 e. The molecule has 1 saturated heterocycles. The Balaban J connectivity index is 1.46. The van der Waals surface area contributed by atoms with Crippen molar-refractivity contribution in [3.8, 4) is 11.1 Å². The van der Waals surface area contributed by atoms with Gasteiger partial charge in [-0.1, -0.05) is 29.8 Å². The second kappa shape index (κ2) is 7.94. The highest BCUT2D eigenvalue weighted by molar-refractivity contribution is 6.30. The first-order valence-corrected chi connectivity index (χ1v) is 9.36. The van der Waals surface area contributed by atoms with Gasteiger partial charge in [0.15, 0.2) is 0 Å². The summed E-state index contributed by atoms with van der Waals surface area (Å²) in [6.45, 7) is 2.35. The van der Waals surface area contributed by atoms with Crippen molar-refractivity contribution in [1.29, 1.82) is 0 Å². The molecule has 0 radical (unpaired) electrons. The quantitative estimate of drug-likeness (QED) is 0.673. The van der Waals surface area contributed by atoms with Crippen LogP contribution in [0.4, 0.5) is 10.3 Å². The molecule has 0 spiro atoms. The molecule has 0 saturated carbocycles. The van der Waals surface area contributed by atoms with Crippen molar-refractivity contribution in [2.24, 2.45) is 0 Å². The number of piperazine rings is 1. The van der Waals surface area contributed by atoms with Gasteiger partial charge in [-0.2, -0.15) is 0 Å². The number of benzene rings is 2. The van der Waals surface area contributed by atoms with Crippen molar-refractivity contribution >= 4 is 23.5 Å². The summed E-state index contributed by atoms with van der Waals surface area (Å²) in [7, 11) is 0. The van der Waals surface area contributed by atoms with Gasteiger partial charge in [0.05, 0.1) is 0 Å². The van der Waals surface area contributed by atoms with E-state index in [0.29, 0.717) is 53.8 Å². The minimum Gasteiger partial charge on any atom is -0.337 e. The molecule has 0 atom stereocenters. The Morgan fingerprint density at radius 1 is 0.964 bits per heavy atom. The number of amides is 1. The lowest BCUT2D eigenvalue weighted by Gasteiger charge is -2.34. The molecule has 0 aliphatic carbocycles. The van der Waals surface area contributed by atoms with Gasteiger partial charge in [0.2, 0.25) is 5.95 Å². The van der Waals surface area contributed by atoms with E-state index in [1.807, 2.05) is 4.90 Å². The van der Waals surface area contributed by atoms with E-state index in [-0.39, 0.29) is 5.91 Å². The van der Waals surface area contributed by atoms with Crippen LogP contribution in [0.5, 0.6) is 0 Å². The van der Waals surface area contributed by atoms with Crippen LogP contribution in [0.25, 0.3) is 11.1 Å².